The highest BCUT2D eigenvalue weighted by Crippen LogP contribution is 2.44. The molecule has 4 rings (SSSR count). The van der Waals surface area contributed by atoms with Crippen LogP contribution in [0.1, 0.15) is 62.6 Å². The number of hydrogen-bond donors (Lipinski definition) is 3. The molecule has 0 fully saturated rings. The summed E-state index contributed by atoms with van der Waals surface area (Å²) in [6.45, 7) is 7.86. The molecule has 14 nitrogen and oxygen atoms in total. The minimum absolute atomic E-state index is 0.000634. The van der Waals surface area contributed by atoms with Crippen molar-refractivity contribution in [3.8, 4) is 16.9 Å². The van der Waals surface area contributed by atoms with E-state index in [0.29, 0.717) is 11.3 Å². The van der Waals surface area contributed by atoms with Gasteiger partial charge in [-0.25, -0.2) is 24.0 Å². The van der Waals surface area contributed by atoms with Gasteiger partial charge < -0.3 is 44.3 Å². The smallest absolute Gasteiger partial charge is 0.410 e. The van der Waals surface area contributed by atoms with Gasteiger partial charge in [0.25, 0.3) is 0 Å². The number of fused-ring (bicyclic) bond motifs is 3. The van der Waals surface area contributed by atoms with Crippen LogP contribution in [-0.4, -0.2) is 91.3 Å². The number of carbonyl (C=O) groups is 5. The molecule has 3 aromatic carbocycles. The van der Waals surface area contributed by atoms with Crippen molar-refractivity contribution in [1.82, 2.24) is 15.5 Å². The summed E-state index contributed by atoms with van der Waals surface area (Å²) in [4.78, 5) is 65.1. The first-order valence-corrected chi connectivity index (χ1v) is 18.0. The first-order valence-electron chi connectivity index (χ1n) is 18.0. The topological polar surface area (TPSA) is 179 Å². The van der Waals surface area contributed by atoms with Gasteiger partial charge in [0.15, 0.2) is 0 Å². The van der Waals surface area contributed by atoms with Crippen molar-refractivity contribution < 1.29 is 52.8 Å². The molecule has 0 saturated heterocycles. The Morgan fingerprint density at radius 1 is 0.836 bits per heavy atom. The van der Waals surface area contributed by atoms with Crippen LogP contribution in [0.5, 0.6) is 5.75 Å². The molecule has 3 N–H and O–H groups in total. The van der Waals surface area contributed by atoms with Gasteiger partial charge in [-0.1, -0.05) is 73.3 Å². The standard InChI is InChI=1S/C41H49N3O11/c1-6-23-52-38(48)43-35(36(45)46)24-44(40(50)55-41(2,3)4)22-12-11-17-34(37(47)53-25-27-18-20-28(51-5)21-19-27)42-39(49)54-26-33-31-15-9-7-13-29(31)30-14-8-10-16-32(30)33/h6-10,13-16,18-21,33-35H,1,11-12,17,22-26H2,2-5H3,(H,42,49)(H,43,48)(H,45,46)/t34-,35-/m0/s1. The van der Waals surface area contributed by atoms with Crippen LogP contribution in [-0.2, 0) is 35.1 Å². The second kappa shape index (κ2) is 19.9. The molecule has 294 valence electrons. The largest absolute Gasteiger partial charge is 0.497 e. The number of ether oxygens (including phenoxy) is 5. The third-order valence-electron chi connectivity index (χ3n) is 8.61. The van der Waals surface area contributed by atoms with Gasteiger partial charge in [-0.3, -0.25) is 0 Å². The lowest BCUT2D eigenvalue weighted by atomic mass is 9.98. The fourth-order valence-corrected chi connectivity index (χ4v) is 5.97. The highest BCUT2D eigenvalue weighted by Gasteiger charge is 2.32. The summed E-state index contributed by atoms with van der Waals surface area (Å²) in [5, 5.41) is 14.7. The van der Waals surface area contributed by atoms with Crippen LogP contribution in [0.4, 0.5) is 14.4 Å². The molecular formula is C41H49N3O11. The number of benzene rings is 3. The molecule has 0 saturated carbocycles. The van der Waals surface area contributed by atoms with Gasteiger partial charge >= 0.3 is 30.2 Å². The van der Waals surface area contributed by atoms with E-state index >= 15 is 0 Å². The normalized spacial score (nSPS) is 12.9. The number of hydrogen-bond acceptors (Lipinski definition) is 10. The highest BCUT2D eigenvalue weighted by molar-refractivity contribution is 5.82. The maximum atomic E-state index is 13.4. The zero-order chi connectivity index (χ0) is 40.0. The second-order valence-electron chi connectivity index (χ2n) is 13.8. The van der Waals surface area contributed by atoms with E-state index in [4.69, 9.17) is 23.7 Å². The molecule has 14 heteroatoms. The number of carbonyl (C=O) groups excluding carboxylic acids is 4. The lowest BCUT2D eigenvalue weighted by Crippen LogP contribution is -2.51. The van der Waals surface area contributed by atoms with Gasteiger partial charge in [0.05, 0.1) is 13.7 Å². The Labute approximate surface area is 320 Å². The molecule has 0 spiro atoms. The molecular weight excluding hydrogens is 710 g/mol. The molecule has 0 aliphatic heterocycles. The zero-order valence-electron chi connectivity index (χ0n) is 31.6. The van der Waals surface area contributed by atoms with E-state index in [2.05, 4.69) is 17.2 Å². The fourth-order valence-electron chi connectivity index (χ4n) is 5.97. The number of carboxylic acid groups (broad SMARTS) is 1. The van der Waals surface area contributed by atoms with E-state index in [1.54, 1.807) is 52.1 Å². The average Bonchev–Trinajstić information content (AvgIpc) is 3.48. The van der Waals surface area contributed by atoms with Crippen LogP contribution in [0.25, 0.3) is 11.1 Å². The van der Waals surface area contributed by atoms with E-state index in [9.17, 15) is 29.1 Å². The van der Waals surface area contributed by atoms with Gasteiger partial charge in [0, 0.05) is 12.5 Å². The van der Waals surface area contributed by atoms with E-state index in [1.807, 2.05) is 48.5 Å². The molecule has 3 amide bonds. The van der Waals surface area contributed by atoms with Gasteiger partial charge in [-0.05, 0) is 80.0 Å². The van der Waals surface area contributed by atoms with Crippen LogP contribution in [0.2, 0.25) is 0 Å². The van der Waals surface area contributed by atoms with Crippen molar-refractivity contribution in [1.29, 1.82) is 0 Å². The summed E-state index contributed by atoms with van der Waals surface area (Å²) in [6, 6.07) is 20.2. The third-order valence-corrected chi connectivity index (χ3v) is 8.61. The van der Waals surface area contributed by atoms with E-state index in [-0.39, 0.29) is 51.5 Å². The van der Waals surface area contributed by atoms with Gasteiger partial charge in [-0.15, -0.1) is 0 Å². The Kier molecular flexibility index (Phi) is 15.1. The van der Waals surface area contributed by atoms with Crippen molar-refractivity contribution >= 4 is 30.2 Å². The maximum Gasteiger partial charge on any atom is 0.410 e. The Bertz CT molecular complexity index is 1760. The Morgan fingerprint density at radius 3 is 2.02 bits per heavy atom. The van der Waals surface area contributed by atoms with Crippen LogP contribution in [0.15, 0.2) is 85.5 Å². The number of nitrogens with zero attached hydrogens (tertiary/aromatic N) is 1. The summed E-state index contributed by atoms with van der Waals surface area (Å²) in [5.74, 6) is -1.63. The summed E-state index contributed by atoms with van der Waals surface area (Å²) < 4.78 is 26.8. The summed E-state index contributed by atoms with van der Waals surface area (Å²) in [6.07, 6.45) is -0.616. The summed E-state index contributed by atoms with van der Waals surface area (Å²) >= 11 is 0. The zero-order valence-corrected chi connectivity index (χ0v) is 31.6. The Balaban J connectivity index is 1.42. The number of amides is 3. The first kappa shape index (κ1) is 41.7. The molecule has 1 aliphatic carbocycles. The molecule has 3 aromatic rings. The monoisotopic (exact) mass is 759 g/mol. The van der Waals surface area contributed by atoms with E-state index < -0.39 is 54.4 Å². The number of alkyl carbamates (subject to hydrolysis) is 2. The first-order chi connectivity index (χ1) is 26.3. The summed E-state index contributed by atoms with van der Waals surface area (Å²) in [7, 11) is 1.55. The molecule has 0 bridgehead atoms. The number of carboxylic acids is 1. The number of esters is 1. The minimum Gasteiger partial charge on any atom is -0.497 e. The molecule has 2 atom stereocenters. The molecule has 55 heavy (non-hydrogen) atoms. The highest BCUT2D eigenvalue weighted by atomic mass is 16.6. The van der Waals surface area contributed by atoms with Gasteiger partial charge in [-0.2, -0.15) is 0 Å². The van der Waals surface area contributed by atoms with Crippen molar-refractivity contribution in [2.24, 2.45) is 0 Å². The Hall–Kier alpha value is -6.05. The predicted octanol–water partition coefficient (Wildman–Crippen LogP) is 6.42. The van der Waals surface area contributed by atoms with E-state index in [0.717, 1.165) is 27.2 Å². The number of rotatable bonds is 18. The molecule has 1 aliphatic rings. The maximum absolute atomic E-state index is 13.4. The van der Waals surface area contributed by atoms with Crippen molar-refractivity contribution in [3.63, 3.8) is 0 Å². The summed E-state index contributed by atoms with van der Waals surface area (Å²) in [5.41, 5.74) is 4.04. The molecule has 0 radical (unpaired) electrons. The quantitative estimate of drug-likeness (QED) is 0.0564. The van der Waals surface area contributed by atoms with Crippen LogP contribution in [0, 0.1) is 0 Å². The molecule has 0 unspecified atom stereocenters. The van der Waals surface area contributed by atoms with Crippen LogP contribution in [0.3, 0.4) is 0 Å². The van der Waals surface area contributed by atoms with Crippen LogP contribution < -0.4 is 15.4 Å². The lowest BCUT2D eigenvalue weighted by molar-refractivity contribution is -0.147. The number of aliphatic carboxylic acids is 1. The lowest BCUT2D eigenvalue weighted by Gasteiger charge is -2.29. The number of methoxy groups -OCH3 is 1. The average molecular weight is 760 g/mol. The second-order valence-corrected chi connectivity index (χ2v) is 13.8. The molecule has 0 aromatic heterocycles. The van der Waals surface area contributed by atoms with Crippen molar-refractivity contribution in [2.45, 2.75) is 70.2 Å². The predicted molar refractivity (Wildman–Crippen MR) is 203 cm³/mol. The molecule has 0 heterocycles. The number of nitrogens with one attached hydrogen (secondary N) is 2. The van der Waals surface area contributed by atoms with Crippen molar-refractivity contribution in [3.05, 3.63) is 102 Å². The SMILES string of the molecule is C=CCOC(=O)N[C@@H](CN(CCCC[C@H](NC(=O)OCC1c2ccccc2-c2ccccc21)C(=O)OCc1ccc(OC)cc1)C(=O)OC(C)(C)C)C(=O)O. The number of unbranched alkanes of at least 4 members (excludes halogenated alkanes) is 1. The van der Waals surface area contributed by atoms with Crippen LogP contribution >= 0.6 is 0 Å². The minimum atomic E-state index is -1.51. The van der Waals surface area contributed by atoms with Gasteiger partial charge in [0.2, 0.25) is 0 Å². The Morgan fingerprint density at radius 2 is 1.44 bits per heavy atom. The van der Waals surface area contributed by atoms with Crippen molar-refractivity contribution in [2.75, 3.05) is 33.4 Å². The third kappa shape index (κ3) is 12.5. The van der Waals surface area contributed by atoms with Gasteiger partial charge in [0.1, 0.15) is 43.3 Å². The van der Waals surface area contributed by atoms with E-state index in [1.165, 1.54) is 6.08 Å². The fraction of sp³-hybridized carbons (Fsp3) is 0.390.